The Bertz CT molecular complexity index is 1340. The molecule has 0 saturated carbocycles. The first-order valence-electron chi connectivity index (χ1n) is 14.4. The Kier molecular flexibility index (Phi) is 7.02. The van der Waals surface area contributed by atoms with Gasteiger partial charge in [-0.15, -0.1) is 0 Å². The number of carbonyl (C=O) groups excluding carboxylic acids is 1. The highest BCUT2D eigenvalue weighted by Gasteiger charge is 2.39. The van der Waals surface area contributed by atoms with Gasteiger partial charge >= 0.3 is 0 Å². The monoisotopic (exact) mass is 513 g/mol. The van der Waals surface area contributed by atoms with Crippen molar-refractivity contribution in [3.63, 3.8) is 0 Å². The molecule has 0 bridgehead atoms. The lowest BCUT2D eigenvalue weighted by Gasteiger charge is -2.43. The van der Waals surface area contributed by atoms with Crippen molar-refractivity contribution in [3.05, 3.63) is 64.2 Å². The predicted molar refractivity (Wildman–Crippen MR) is 155 cm³/mol. The fraction of sp³-hybridized carbons (Fsp3) is 0.515. The first kappa shape index (κ1) is 26.7. The van der Waals surface area contributed by atoms with Crippen molar-refractivity contribution in [1.29, 1.82) is 0 Å². The Morgan fingerprint density at radius 2 is 1.50 bits per heavy atom. The van der Waals surface area contributed by atoms with Crippen molar-refractivity contribution in [3.8, 4) is 22.5 Å². The van der Waals surface area contributed by atoms with E-state index in [1.54, 1.807) is 0 Å². The van der Waals surface area contributed by atoms with E-state index in [0.717, 1.165) is 29.7 Å². The molecule has 6 rings (SSSR count). The second kappa shape index (κ2) is 10.00. The van der Waals surface area contributed by atoms with Crippen LogP contribution in [0.5, 0.6) is 0 Å². The highest BCUT2D eigenvalue weighted by Crippen LogP contribution is 2.49. The molecule has 3 aliphatic rings. The molecular weight excluding hydrogens is 470 g/mol. The average molecular weight is 514 g/mol. The van der Waals surface area contributed by atoms with Crippen LogP contribution in [0.25, 0.3) is 22.5 Å². The van der Waals surface area contributed by atoms with Gasteiger partial charge in [0.25, 0.3) is 5.91 Å². The molecule has 2 aromatic carbocycles. The zero-order valence-corrected chi connectivity index (χ0v) is 24.3. The summed E-state index contributed by atoms with van der Waals surface area (Å²) in [6.45, 7) is 16.1. The molecule has 0 unspecified atom stereocenters. The molecule has 5 nitrogen and oxygen atoms in total. The molecule has 1 aliphatic heterocycles. The van der Waals surface area contributed by atoms with E-state index >= 15 is 0 Å². The van der Waals surface area contributed by atoms with E-state index in [1.165, 1.54) is 46.4 Å². The third-order valence-electron chi connectivity index (χ3n) is 8.82. The quantitative estimate of drug-likeness (QED) is 0.383. The van der Waals surface area contributed by atoms with Crippen molar-refractivity contribution in [2.45, 2.75) is 78.1 Å². The zero-order valence-electron chi connectivity index (χ0n) is 24.3. The average Bonchev–Trinajstić information content (AvgIpc) is 3.28. The van der Waals surface area contributed by atoms with E-state index in [-0.39, 0.29) is 16.7 Å². The lowest BCUT2D eigenvalue weighted by molar-refractivity contribution is 0.0303. The third-order valence-corrected chi connectivity index (χ3v) is 8.82. The summed E-state index contributed by atoms with van der Waals surface area (Å²) in [6.07, 6.45) is 4.47. The second-order valence-corrected chi connectivity index (χ2v) is 12.1. The number of amides is 1. The Balaban J connectivity index is 0.00000144. The molecule has 202 valence electrons. The maximum Gasteiger partial charge on any atom is 0.254 e. The molecule has 0 atom stereocenters. The maximum absolute atomic E-state index is 12.9. The molecule has 1 fully saturated rings. The maximum atomic E-state index is 12.9. The Morgan fingerprint density at radius 3 is 2.13 bits per heavy atom. The minimum absolute atomic E-state index is 0.0807. The van der Waals surface area contributed by atoms with Crippen LogP contribution in [0.1, 0.15) is 87.0 Å². The first-order chi connectivity index (χ1) is 18.2. The lowest BCUT2D eigenvalue weighted by atomic mass is 9.62. The van der Waals surface area contributed by atoms with Crippen LogP contribution < -0.4 is 0 Å². The van der Waals surface area contributed by atoms with Gasteiger partial charge in [-0.1, -0.05) is 59.7 Å². The van der Waals surface area contributed by atoms with Crippen LogP contribution in [0.4, 0.5) is 0 Å². The van der Waals surface area contributed by atoms with Crippen LogP contribution in [0.15, 0.2) is 36.4 Å². The van der Waals surface area contributed by atoms with E-state index in [0.29, 0.717) is 26.3 Å². The third kappa shape index (κ3) is 4.49. The van der Waals surface area contributed by atoms with Crippen molar-refractivity contribution in [2.24, 2.45) is 7.05 Å². The summed E-state index contributed by atoms with van der Waals surface area (Å²) in [5.41, 5.74) is 11.7. The van der Waals surface area contributed by atoms with Gasteiger partial charge in [0.2, 0.25) is 0 Å². The van der Waals surface area contributed by atoms with Crippen molar-refractivity contribution in [1.82, 2.24) is 14.7 Å². The van der Waals surface area contributed by atoms with Gasteiger partial charge in [0.1, 0.15) is 0 Å². The minimum atomic E-state index is 0.0807. The van der Waals surface area contributed by atoms with Gasteiger partial charge in [-0.2, -0.15) is 5.10 Å². The number of rotatable bonds is 2. The summed E-state index contributed by atoms with van der Waals surface area (Å²) < 4.78 is 7.46. The Morgan fingerprint density at radius 1 is 0.895 bits per heavy atom. The van der Waals surface area contributed by atoms with Gasteiger partial charge in [0.15, 0.2) is 0 Å². The van der Waals surface area contributed by atoms with E-state index in [2.05, 4.69) is 63.7 Å². The largest absolute Gasteiger partial charge is 0.378 e. The molecule has 0 N–H and O–H groups in total. The van der Waals surface area contributed by atoms with E-state index in [4.69, 9.17) is 9.84 Å². The van der Waals surface area contributed by atoms with Crippen molar-refractivity contribution in [2.75, 3.05) is 26.3 Å². The smallest absolute Gasteiger partial charge is 0.254 e. The summed E-state index contributed by atoms with van der Waals surface area (Å²) in [4.78, 5) is 14.8. The number of carbonyl (C=O) groups is 1. The number of aromatic nitrogens is 2. The zero-order chi connectivity index (χ0) is 27.2. The standard InChI is InChI=1S/C31H37N3O2.C2H6/c1-30(2)12-13-31(3,4)26-19-24-22(18-25(26)30)10-11-23-27(32-33(5)28(23)24)20-6-8-21(9-7-20)29(35)34-14-16-36-17-15-34;1-2/h6-9,18-19H,10-17H2,1-5H3;1-2H3. The van der Waals surface area contributed by atoms with E-state index in [9.17, 15) is 4.79 Å². The first-order valence-corrected chi connectivity index (χ1v) is 14.4. The van der Waals surface area contributed by atoms with Gasteiger partial charge in [-0.05, 0) is 71.4 Å². The van der Waals surface area contributed by atoms with Crippen LogP contribution in [-0.2, 0) is 35.5 Å². The van der Waals surface area contributed by atoms with E-state index in [1.807, 2.05) is 30.9 Å². The summed E-state index contributed by atoms with van der Waals surface area (Å²) in [5.74, 6) is 0.0807. The van der Waals surface area contributed by atoms with Gasteiger partial charge in [0.05, 0.1) is 24.6 Å². The molecular formula is C33H43N3O2. The molecule has 2 heterocycles. The predicted octanol–water partition coefficient (Wildman–Crippen LogP) is 6.70. The Labute approximate surface area is 228 Å². The number of nitrogens with zero attached hydrogens (tertiary/aromatic N) is 3. The van der Waals surface area contributed by atoms with Gasteiger partial charge in [0, 0.05) is 42.4 Å². The number of aryl methyl sites for hydroxylation is 2. The summed E-state index contributed by atoms with van der Waals surface area (Å²) in [6, 6.07) is 13.0. The van der Waals surface area contributed by atoms with Crippen molar-refractivity contribution >= 4 is 5.91 Å². The highest BCUT2D eigenvalue weighted by atomic mass is 16.5. The number of fused-ring (bicyclic) bond motifs is 4. The summed E-state index contributed by atoms with van der Waals surface area (Å²) >= 11 is 0. The molecule has 5 heteroatoms. The molecule has 1 saturated heterocycles. The topological polar surface area (TPSA) is 47.4 Å². The van der Waals surface area contributed by atoms with Crippen LogP contribution >= 0.6 is 0 Å². The molecule has 38 heavy (non-hydrogen) atoms. The number of hydrogen-bond acceptors (Lipinski definition) is 3. The number of ether oxygens (including phenoxy) is 1. The fourth-order valence-corrected chi connectivity index (χ4v) is 6.44. The number of morpholine rings is 1. The molecule has 3 aromatic rings. The van der Waals surface area contributed by atoms with Crippen LogP contribution in [0, 0.1) is 0 Å². The minimum Gasteiger partial charge on any atom is -0.378 e. The molecule has 1 amide bonds. The van der Waals surface area contributed by atoms with Gasteiger partial charge in [-0.3, -0.25) is 9.48 Å². The molecule has 0 spiro atoms. The van der Waals surface area contributed by atoms with Crippen molar-refractivity contribution < 1.29 is 9.53 Å². The Hall–Kier alpha value is -2.92. The van der Waals surface area contributed by atoms with Gasteiger partial charge in [-0.25, -0.2) is 0 Å². The lowest BCUT2D eigenvalue weighted by Crippen LogP contribution is -2.40. The highest BCUT2D eigenvalue weighted by molar-refractivity contribution is 5.95. The summed E-state index contributed by atoms with van der Waals surface area (Å²) in [5, 5.41) is 5.01. The van der Waals surface area contributed by atoms with E-state index < -0.39 is 0 Å². The van der Waals surface area contributed by atoms with Crippen LogP contribution in [0.2, 0.25) is 0 Å². The fourth-order valence-electron chi connectivity index (χ4n) is 6.44. The molecule has 1 aromatic heterocycles. The summed E-state index contributed by atoms with van der Waals surface area (Å²) in [7, 11) is 2.07. The molecule has 2 aliphatic carbocycles. The normalized spacial score (nSPS) is 19.0. The SMILES string of the molecule is CC.Cn1nc(-c2ccc(C(=O)N3CCOCC3)cc2)c2c1-c1cc3c(cc1CC2)C(C)(C)CCC3(C)C. The second-order valence-electron chi connectivity index (χ2n) is 12.1. The van der Waals surface area contributed by atoms with Gasteiger partial charge < -0.3 is 9.64 Å². The van der Waals surface area contributed by atoms with Crippen LogP contribution in [-0.4, -0.2) is 46.9 Å². The van der Waals surface area contributed by atoms with Crippen LogP contribution in [0.3, 0.4) is 0 Å². The number of hydrogen-bond donors (Lipinski definition) is 0. The molecule has 0 radical (unpaired) electrons. The number of benzene rings is 2.